The number of hydrogen-bond donors (Lipinski definition) is 2. The minimum absolute atomic E-state index is 0.0822. The van der Waals surface area contributed by atoms with E-state index in [1.807, 2.05) is 24.3 Å². The van der Waals surface area contributed by atoms with E-state index in [0.29, 0.717) is 31.1 Å². The summed E-state index contributed by atoms with van der Waals surface area (Å²) in [5.41, 5.74) is 14.4. The number of rotatable bonds is 4. The number of piperidine rings is 1. The van der Waals surface area contributed by atoms with E-state index in [1.54, 1.807) is 16.8 Å². The van der Waals surface area contributed by atoms with Crippen LogP contribution in [0, 0.1) is 0 Å². The van der Waals surface area contributed by atoms with Crippen molar-refractivity contribution in [2.75, 3.05) is 18.0 Å². The molecular weight excluding hydrogens is 330 g/mol. The average Bonchev–Trinajstić information content (AvgIpc) is 3.13. The van der Waals surface area contributed by atoms with Crippen LogP contribution in [0.4, 0.5) is 5.95 Å². The number of nitrogens with zero attached hydrogens (tertiary/aromatic N) is 5. The largest absolute Gasteiger partial charge is 0.339 e. The van der Waals surface area contributed by atoms with Crippen molar-refractivity contribution in [3.05, 3.63) is 58.0 Å². The van der Waals surface area contributed by atoms with Crippen LogP contribution in [-0.4, -0.2) is 38.5 Å². The number of nitrogens with two attached hydrogens (primary N) is 2. The summed E-state index contributed by atoms with van der Waals surface area (Å²) in [5.74, 6) is 0.605. The molecule has 1 aliphatic heterocycles. The molecule has 0 saturated carbocycles. The molecular formula is C18H23N7O. The molecule has 4 N–H and O–H groups in total. The van der Waals surface area contributed by atoms with Crippen LogP contribution >= 0.6 is 0 Å². The maximum Gasteiger partial charge on any atom is 0.281 e. The molecule has 1 atom stereocenters. The molecule has 3 heterocycles. The minimum atomic E-state index is -0.113. The van der Waals surface area contributed by atoms with Crippen LogP contribution in [-0.2, 0) is 13.1 Å². The lowest BCUT2D eigenvalue weighted by Crippen LogP contribution is -2.46. The van der Waals surface area contributed by atoms with Crippen molar-refractivity contribution in [3.8, 4) is 0 Å². The van der Waals surface area contributed by atoms with Crippen LogP contribution in [0.3, 0.4) is 0 Å². The number of fused-ring (bicyclic) bond motifs is 1. The van der Waals surface area contributed by atoms with Crippen molar-refractivity contribution >= 4 is 11.5 Å². The zero-order valence-electron chi connectivity index (χ0n) is 14.6. The zero-order chi connectivity index (χ0) is 18.1. The van der Waals surface area contributed by atoms with Gasteiger partial charge in [0.2, 0.25) is 5.95 Å². The maximum absolute atomic E-state index is 13.1. The molecule has 1 saturated heterocycles. The van der Waals surface area contributed by atoms with Gasteiger partial charge in [-0.3, -0.25) is 9.36 Å². The van der Waals surface area contributed by atoms with Crippen LogP contribution < -0.4 is 21.9 Å². The van der Waals surface area contributed by atoms with Gasteiger partial charge in [-0.25, -0.2) is 0 Å². The topological polar surface area (TPSA) is 107 Å². The van der Waals surface area contributed by atoms with E-state index in [4.69, 9.17) is 11.5 Å². The summed E-state index contributed by atoms with van der Waals surface area (Å²) in [4.78, 5) is 15.2. The second-order valence-electron chi connectivity index (χ2n) is 6.72. The predicted molar refractivity (Wildman–Crippen MR) is 100 cm³/mol. The summed E-state index contributed by atoms with van der Waals surface area (Å²) in [6, 6.07) is 9.67. The third-order valence-electron chi connectivity index (χ3n) is 4.92. The van der Waals surface area contributed by atoms with Gasteiger partial charge >= 0.3 is 0 Å². The standard InChI is InChI=1S/C18H23N7O/c19-10-13-4-1-2-5-14(13)11-24-17(26)16-7-8-21-25(16)22-18(24)23-9-3-6-15(20)12-23/h1-2,4-5,7-8,15H,3,6,9-12,19-20H2. The highest BCUT2D eigenvalue weighted by atomic mass is 16.1. The molecule has 0 radical (unpaired) electrons. The Labute approximate surface area is 151 Å². The Morgan fingerprint density at radius 3 is 2.77 bits per heavy atom. The van der Waals surface area contributed by atoms with Crippen LogP contribution in [0.2, 0.25) is 0 Å². The Kier molecular flexibility index (Phi) is 4.44. The Balaban J connectivity index is 1.84. The smallest absolute Gasteiger partial charge is 0.281 e. The van der Waals surface area contributed by atoms with Gasteiger partial charge in [0.1, 0.15) is 0 Å². The molecule has 3 aromatic rings. The fraction of sp³-hybridized carbons (Fsp3) is 0.389. The van der Waals surface area contributed by atoms with E-state index < -0.39 is 0 Å². The van der Waals surface area contributed by atoms with Crippen molar-refractivity contribution in [1.82, 2.24) is 19.4 Å². The highest BCUT2D eigenvalue weighted by molar-refractivity contribution is 5.46. The van der Waals surface area contributed by atoms with Crippen molar-refractivity contribution in [2.45, 2.75) is 32.0 Å². The number of benzene rings is 1. The van der Waals surface area contributed by atoms with Gasteiger partial charge in [-0.2, -0.15) is 5.10 Å². The van der Waals surface area contributed by atoms with E-state index in [1.165, 1.54) is 4.63 Å². The lowest BCUT2D eigenvalue weighted by atomic mass is 10.1. The number of anilines is 1. The zero-order valence-corrected chi connectivity index (χ0v) is 14.6. The van der Waals surface area contributed by atoms with E-state index in [2.05, 4.69) is 15.1 Å². The van der Waals surface area contributed by atoms with Crippen molar-refractivity contribution < 1.29 is 0 Å². The molecule has 0 bridgehead atoms. The average molecular weight is 353 g/mol. The molecule has 26 heavy (non-hydrogen) atoms. The Bertz CT molecular complexity index is 977. The van der Waals surface area contributed by atoms with Gasteiger partial charge in [0.15, 0.2) is 5.52 Å². The predicted octanol–water partition coefficient (Wildman–Crippen LogP) is 0.326. The molecule has 1 aromatic carbocycles. The summed E-state index contributed by atoms with van der Waals surface area (Å²) in [6.07, 6.45) is 3.56. The third-order valence-corrected chi connectivity index (χ3v) is 4.92. The van der Waals surface area contributed by atoms with Crippen molar-refractivity contribution in [3.63, 3.8) is 0 Å². The maximum atomic E-state index is 13.1. The molecule has 0 aliphatic carbocycles. The molecule has 0 amide bonds. The highest BCUT2D eigenvalue weighted by Gasteiger charge is 2.23. The molecule has 2 aromatic heterocycles. The van der Waals surface area contributed by atoms with Gasteiger partial charge in [0.25, 0.3) is 5.56 Å². The van der Waals surface area contributed by atoms with E-state index in [-0.39, 0.29) is 11.6 Å². The molecule has 1 unspecified atom stereocenters. The quantitative estimate of drug-likeness (QED) is 0.700. The molecule has 136 valence electrons. The van der Waals surface area contributed by atoms with E-state index in [0.717, 1.165) is 30.5 Å². The highest BCUT2D eigenvalue weighted by Crippen LogP contribution is 2.18. The molecule has 1 aliphatic rings. The second kappa shape index (κ2) is 6.89. The van der Waals surface area contributed by atoms with Gasteiger partial charge in [-0.05, 0) is 30.0 Å². The van der Waals surface area contributed by atoms with Gasteiger partial charge in [-0.1, -0.05) is 24.3 Å². The number of aromatic nitrogens is 4. The molecule has 8 heteroatoms. The van der Waals surface area contributed by atoms with Crippen LogP contribution in [0.5, 0.6) is 0 Å². The van der Waals surface area contributed by atoms with Gasteiger partial charge in [-0.15, -0.1) is 9.73 Å². The van der Waals surface area contributed by atoms with Crippen molar-refractivity contribution in [2.24, 2.45) is 11.5 Å². The molecule has 8 nitrogen and oxygen atoms in total. The lowest BCUT2D eigenvalue weighted by Gasteiger charge is -2.32. The monoisotopic (exact) mass is 353 g/mol. The first-order valence-electron chi connectivity index (χ1n) is 8.89. The fourth-order valence-corrected chi connectivity index (χ4v) is 3.55. The summed E-state index contributed by atoms with van der Waals surface area (Å²) in [5, 5.41) is 8.76. The molecule has 4 rings (SSSR count). The van der Waals surface area contributed by atoms with E-state index >= 15 is 0 Å². The van der Waals surface area contributed by atoms with Gasteiger partial charge in [0.05, 0.1) is 12.7 Å². The second-order valence-corrected chi connectivity index (χ2v) is 6.72. The fourth-order valence-electron chi connectivity index (χ4n) is 3.55. The SMILES string of the molecule is NCc1ccccc1Cn1c(N2CCCC(N)C2)nn2nccc2c1=O. The number of hydrogen-bond acceptors (Lipinski definition) is 6. The molecule has 0 spiro atoms. The molecule has 1 fully saturated rings. The first kappa shape index (κ1) is 16.7. The minimum Gasteiger partial charge on any atom is -0.339 e. The Morgan fingerprint density at radius 1 is 1.19 bits per heavy atom. The Hall–Kier alpha value is -2.71. The first-order valence-corrected chi connectivity index (χ1v) is 8.89. The van der Waals surface area contributed by atoms with Crippen LogP contribution in [0.1, 0.15) is 24.0 Å². The van der Waals surface area contributed by atoms with Gasteiger partial charge in [0, 0.05) is 25.7 Å². The summed E-state index contributed by atoms with van der Waals surface area (Å²) < 4.78 is 3.12. The Morgan fingerprint density at radius 2 is 2.00 bits per heavy atom. The van der Waals surface area contributed by atoms with Crippen LogP contribution in [0.15, 0.2) is 41.3 Å². The van der Waals surface area contributed by atoms with Gasteiger partial charge < -0.3 is 16.4 Å². The van der Waals surface area contributed by atoms with E-state index in [9.17, 15) is 4.79 Å². The van der Waals surface area contributed by atoms with Crippen LogP contribution in [0.25, 0.3) is 5.52 Å². The normalized spacial score (nSPS) is 17.8. The summed E-state index contributed by atoms with van der Waals surface area (Å²) >= 11 is 0. The summed E-state index contributed by atoms with van der Waals surface area (Å²) in [6.45, 7) is 2.35. The lowest BCUT2D eigenvalue weighted by molar-refractivity contribution is 0.485. The first-order chi connectivity index (χ1) is 12.7. The third kappa shape index (κ3) is 2.97. The summed E-state index contributed by atoms with van der Waals surface area (Å²) in [7, 11) is 0. The van der Waals surface area contributed by atoms with Crippen molar-refractivity contribution in [1.29, 1.82) is 0 Å².